The van der Waals surface area contributed by atoms with Gasteiger partial charge in [0.1, 0.15) is 0 Å². The SMILES string of the molecule is O=C(N[C@H]1CCS(=O)(=O)C1)c1occc1-c1ccccc1. The van der Waals surface area contributed by atoms with Crippen molar-refractivity contribution < 1.29 is 17.6 Å². The third-order valence-electron chi connectivity index (χ3n) is 3.52. The molecule has 3 rings (SSSR count). The highest BCUT2D eigenvalue weighted by atomic mass is 32.2. The summed E-state index contributed by atoms with van der Waals surface area (Å²) in [5.74, 6) is -0.0339. The van der Waals surface area contributed by atoms with Crippen LogP contribution < -0.4 is 5.32 Å². The molecule has 0 radical (unpaired) electrons. The second-order valence-electron chi connectivity index (χ2n) is 5.10. The number of sulfone groups is 1. The van der Waals surface area contributed by atoms with E-state index in [1.807, 2.05) is 30.3 Å². The van der Waals surface area contributed by atoms with Crippen molar-refractivity contribution in [2.24, 2.45) is 0 Å². The number of amides is 1. The topological polar surface area (TPSA) is 76.4 Å². The lowest BCUT2D eigenvalue weighted by Gasteiger charge is -2.10. The Labute approximate surface area is 122 Å². The summed E-state index contributed by atoms with van der Waals surface area (Å²) >= 11 is 0. The van der Waals surface area contributed by atoms with Crippen LogP contribution in [0, 0.1) is 0 Å². The van der Waals surface area contributed by atoms with Gasteiger partial charge in [-0.3, -0.25) is 4.79 Å². The quantitative estimate of drug-likeness (QED) is 0.939. The fourth-order valence-corrected chi connectivity index (χ4v) is 4.16. The van der Waals surface area contributed by atoms with Crippen LogP contribution in [0.25, 0.3) is 11.1 Å². The maximum Gasteiger partial charge on any atom is 0.287 e. The molecule has 0 aliphatic carbocycles. The van der Waals surface area contributed by atoms with E-state index >= 15 is 0 Å². The van der Waals surface area contributed by atoms with Gasteiger partial charge in [-0.15, -0.1) is 0 Å². The molecular weight excluding hydrogens is 290 g/mol. The summed E-state index contributed by atoms with van der Waals surface area (Å²) in [7, 11) is -3.02. The zero-order valence-corrected chi connectivity index (χ0v) is 12.1. The van der Waals surface area contributed by atoms with Gasteiger partial charge in [-0.25, -0.2) is 8.42 Å². The van der Waals surface area contributed by atoms with Crippen molar-refractivity contribution in [3.8, 4) is 11.1 Å². The van der Waals surface area contributed by atoms with E-state index in [-0.39, 0.29) is 29.2 Å². The number of benzene rings is 1. The molecule has 2 aromatic rings. The minimum Gasteiger partial charge on any atom is -0.459 e. The summed E-state index contributed by atoms with van der Waals surface area (Å²) in [6, 6.07) is 10.8. The Balaban J connectivity index is 1.79. The van der Waals surface area contributed by atoms with Crippen molar-refractivity contribution in [3.63, 3.8) is 0 Å². The summed E-state index contributed by atoms with van der Waals surface area (Å²) < 4.78 is 28.1. The highest BCUT2D eigenvalue weighted by molar-refractivity contribution is 7.91. The number of rotatable bonds is 3. The molecule has 21 heavy (non-hydrogen) atoms. The first kappa shape index (κ1) is 13.9. The third kappa shape index (κ3) is 3.00. The van der Waals surface area contributed by atoms with Crippen molar-refractivity contribution in [2.45, 2.75) is 12.5 Å². The van der Waals surface area contributed by atoms with E-state index in [0.29, 0.717) is 12.0 Å². The highest BCUT2D eigenvalue weighted by Crippen LogP contribution is 2.25. The van der Waals surface area contributed by atoms with Crippen molar-refractivity contribution in [1.29, 1.82) is 0 Å². The smallest absolute Gasteiger partial charge is 0.287 e. The molecule has 1 aromatic carbocycles. The van der Waals surface area contributed by atoms with E-state index in [9.17, 15) is 13.2 Å². The number of furan rings is 1. The van der Waals surface area contributed by atoms with Crippen LogP contribution in [0.15, 0.2) is 47.1 Å². The zero-order valence-electron chi connectivity index (χ0n) is 11.3. The molecule has 0 saturated carbocycles. The van der Waals surface area contributed by atoms with Crippen LogP contribution in [0.2, 0.25) is 0 Å². The average molecular weight is 305 g/mol. The molecule has 1 fully saturated rings. The van der Waals surface area contributed by atoms with Crippen molar-refractivity contribution in [1.82, 2.24) is 5.32 Å². The molecule has 2 heterocycles. The molecule has 1 N–H and O–H groups in total. The first-order valence-corrected chi connectivity index (χ1v) is 8.51. The Morgan fingerprint density at radius 2 is 1.95 bits per heavy atom. The lowest BCUT2D eigenvalue weighted by molar-refractivity contribution is 0.0914. The summed E-state index contributed by atoms with van der Waals surface area (Å²) in [6.07, 6.45) is 1.91. The van der Waals surface area contributed by atoms with Gasteiger partial charge in [-0.1, -0.05) is 30.3 Å². The minimum absolute atomic E-state index is 0.000118. The Morgan fingerprint density at radius 1 is 1.19 bits per heavy atom. The average Bonchev–Trinajstić information content (AvgIpc) is 3.06. The Morgan fingerprint density at radius 3 is 2.62 bits per heavy atom. The second-order valence-corrected chi connectivity index (χ2v) is 7.33. The summed E-state index contributed by atoms with van der Waals surface area (Å²) in [6.45, 7) is 0. The Bertz CT molecular complexity index is 749. The number of nitrogens with one attached hydrogen (secondary N) is 1. The van der Waals surface area contributed by atoms with Gasteiger partial charge in [0.05, 0.1) is 17.8 Å². The fraction of sp³-hybridized carbons (Fsp3) is 0.267. The summed E-state index contributed by atoms with van der Waals surface area (Å²) in [5, 5.41) is 2.74. The van der Waals surface area contributed by atoms with E-state index in [4.69, 9.17) is 4.42 Å². The largest absolute Gasteiger partial charge is 0.459 e. The Hall–Kier alpha value is -2.08. The van der Waals surface area contributed by atoms with Gasteiger partial charge in [0, 0.05) is 11.6 Å². The predicted octanol–water partition coefficient (Wildman–Crippen LogP) is 1.86. The zero-order chi connectivity index (χ0) is 14.9. The van der Waals surface area contributed by atoms with Gasteiger partial charge in [0.25, 0.3) is 5.91 Å². The molecule has 110 valence electrons. The van der Waals surface area contributed by atoms with Crippen LogP contribution in [-0.4, -0.2) is 31.9 Å². The number of carbonyl (C=O) groups is 1. The lowest BCUT2D eigenvalue weighted by Crippen LogP contribution is -2.35. The van der Waals surface area contributed by atoms with Gasteiger partial charge in [-0.05, 0) is 18.1 Å². The molecule has 1 aliphatic rings. The first-order chi connectivity index (χ1) is 10.1. The van der Waals surface area contributed by atoms with Crippen molar-refractivity contribution in [2.75, 3.05) is 11.5 Å². The molecule has 1 saturated heterocycles. The van der Waals surface area contributed by atoms with Crippen LogP contribution in [0.3, 0.4) is 0 Å². The number of carbonyl (C=O) groups excluding carboxylic acids is 1. The molecule has 0 bridgehead atoms. The lowest BCUT2D eigenvalue weighted by atomic mass is 10.1. The molecule has 1 atom stereocenters. The van der Waals surface area contributed by atoms with Crippen LogP contribution >= 0.6 is 0 Å². The van der Waals surface area contributed by atoms with Gasteiger partial charge < -0.3 is 9.73 Å². The van der Waals surface area contributed by atoms with E-state index in [2.05, 4.69) is 5.32 Å². The molecule has 0 unspecified atom stereocenters. The van der Waals surface area contributed by atoms with E-state index < -0.39 is 9.84 Å². The summed E-state index contributed by atoms with van der Waals surface area (Å²) in [4.78, 5) is 12.3. The maximum absolute atomic E-state index is 12.3. The second kappa shape index (κ2) is 5.37. The van der Waals surface area contributed by atoms with Gasteiger partial charge in [0.2, 0.25) is 0 Å². The number of hydrogen-bond acceptors (Lipinski definition) is 4. The molecular formula is C15H15NO4S. The minimum atomic E-state index is -3.02. The molecule has 1 aliphatic heterocycles. The van der Waals surface area contributed by atoms with Gasteiger partial charge in [0.15, 0.2) is 15.6 Å². The van der Waals surface area contributed by atoms with Gasteiger partial charge in [-0.2, -0.15) is 0 Å². The number of hydrogen-bond donors (Lipinski definition) is 1. The van der Waals surface area contributed by atoms with Crippen LogP contribution in [0.1, 0.15) is 17.0 Å². The molecule has 0 spiro atoms. The molecule has 6 heteroatoms. The molecule has 5 nitrogen and oxygen atoms in total. The van der Waals surface area contributed by atoms with Crippen LogP contribution in [0.5, 0.6) is 0 Å². The third-order valence-corrected chi connectivity index (χ3v) is 5.29. The van der Waals surface area contributed by atoms with E-state index in [1.165, 1.54) is 6.26 Å². The van der Waals surface area contributed by atoms with Crippen molar-refractivity contribution in [3.05, 3.63) is 48.4 Å². The van der Waals surface area contributed by atoms with Crippen LogP contribution in [0.4, 0.5) is 0 Å². The Kier molecular flexibility index (Phi) is 3.55. The van der Waals surface area contributed by atoms with Gasteiger partial charge >= 0.3 is 0 Å². The predicted molar refractivity (Wildman–Crippen MR) is 78.7 cm³/mol. The molecule has 1 amide bonds. The standard InChI is InChI=1S/C15H15NO4S/c17-15(16-12-7-9-21(18,19)10-12)14-13(6-8-20-14)11-4-2-1-3-5-11/h1-6,8,12H,7,9-10H2,(H,16,17)/t12-/m0/s1. The van der Waals surface area contributed by atoms with Crippen LogP contribution in [-0.2, 0) is 9.84 Å². The first-order valence-electron chi connectivity index (χ1n) is 6.69. The summed E-state index contributed by atoms with van der Waals surface area (Å²) in [5.41, 5.74) is 1.59. The maximum atomic E-state index is 12.3. The highest BCUT2D eigenvalue weighted by Gasteiger charge is 2.30. The van der Waals surface area contributed by atoms with Crippen molar-refractivity contribution >= 4 is 15.7 Å². The fourth-order valence-electron chi connectivity index (χ4n) is 2.49. The monoisotopic (exact) mass is 305 g/mol. The van der Waals surface area contributed by atoms with E-state index in [1.54, 1.807) is 6.07 Å². The molecule has 1 aromatic heterocycles. The van der Waals surface area contributed by atoms with E-state index in [0.717, 1.165) is 5.56 Å². The normalized spacial score (nSPS) is 20.3.